The Hall–Kier alpha value is -3.40. The van der Waals surface area contributed by atoms with Gasteiger partial charge in [0.25, 0.3) is 0 Å². The summed E-state index contributed by atoms with van der Waals surface area (Å²) in [5.41, 5.74) is 11.8. The summed E-state index contributed by atoms with van der Waals surface area (Å²) in [6.45, 7) is 0. The number of pyridine rings is 2. The summed E-state index contributed by atoms with van der Waals surface area (Å²) in [7, 11) is 1.67. The highest BCUT2D eigenvalue weighted by atomic mass is 16.5. The zero-order chi connectivity index (χ0) is 17.2. The summed E-state index contributed by atoms with van der Waals surface area (Å²) in [6, 6.07) is 19.9. The highest BCUT2D eigenvalue weighted by Crippen LogP contribution is 2.31. The van der Waals surface area contributed by atoms with Gasteiger partial charge in [-0.15, -0.1) is 0 Å². The second kappa shape index (κ2) is 6.24. The first-order chi connectivity index (χ1) is 12.2. The number of ether oxygens (including phenoxy) is 1. The molecule has 2 N–H and O–H groups in total. The number of benzene rings is 2. The first-order valence-corrected chi connectivity index (χ1v) is 8.00. The van der Waals surface area contributed by atoms with Crippen LogP contribution in [0.15, 0.2) is 73.1 Å². The lowest BCUT2D eigenvalue weighted by atomic mass is 10.0. The van der Waals surface area contributed by atoms with Crippen LogP contribution < -0.4 is 10.5 Å². The molecule has 4 nitrogen and oxygen atoms in total. The zero-order valence-corrected chi connectivity index (χ0v) is 13.8. The molecule has 0 unspecified atom stereocenters. The molecular formula is C21H17N3O. The Bertz CT molecular complexity index is 1050. The molecule has 4 aromatic rings. The molecule has 0 aliphatic carbocycles. The van der Waals surface area contributed by atoms with Crippen molar-refractivity contribution in [1.82, 2.24) is 9.97 Å². The van der Waals surface area contributed by atoms with Gasteiger partial charge in [0.2, 0.25) is 0 Å². The standard InChI is InChI=1S/C21H17N3O/c1-25-17-6-2-4-14(10-17)15-7-8-20-18(11-15)19(22)12-21(24-20)16-5-3-9-23-13-16/h2-13H,1H3,(H2,22,24). The minimum Gasteiger partial charge on any atom is -0.497 e. The Labute approximate surface area is 145 Å². The Morgan fingerprint density at radius 2 is 1.72 bits per heavy atom. The number of anilines is 1. The molecule has 0 spiro atoms. The van der Waals surface area contributed by atoms with E-state index in [2.05, 4.69) is 23.2 Å². The van der Waals surface area contributed by atoms with Gasteiger partial charge in [0.1, 0.15) is 5.75 Å². The number of hydrogen-bond acceptors (Lipinski definition) is 4. The minimum absolute atomic E-state index is 0.702. The number of methoxy groups -OCH3 is 1. The van der Waals surface area contributed by atoms with Crippen molar-refractivity contribution in [2.75, 3.05) is 12.8 Å². The molecule has 0 bridgehead atoms. The minimum atomic E-state index is 0.702. The lowest BCUT2D eigenvalue weighted by molar-refractivity contribution is 0.415. The van der Waals surface area contributed by atoms with Crippen molar-refractivity contribution >= 4 is 16.6 Å². The van der Waals surface area contributed by atoms with Crippen LogP contribution in [0.3, 0.4) is 0 Å². The van der Waals surface area contributed by atoms with E-state index in [4.69, 9.17) is 15.5 Å². The third-order valence-electron chi connectivity index (χ3n) is 4.20. The molecule has 2 heterocycles. The monoisotopic (exact) mass is 327 g/mol. The molecule has 2 aromatic carbocycles. The van der Waals surface area contributed by atoms with Crippen LogP contribution in [0.25, 0.3) is 33.3 Å². The number of nitrogens with two attached hydrogens (primary N) is 1. The van der Waals surface area contributed by atoms with Crippen molar-refractivity contribution in [3.63, 3.8) is 0 Å². The van der Waals surface area contributed by atoms with Gasteiger partial charge in [0.15, 0.2) is 0 Å². The van der Waals surface area contributed by atoms with Crippen LogP contribution in [0, 0.1) is 0 Å². The maximum absolute atomic E-state index is 6.31. The van der Waals surface area contributed by atoms with Crippen LogP contribution in [0.1, 0.15) is 0 Å². The maximum atomic E-state index is 6.31. The zero-order valence-electron chi connectivity index (χ0n) is 13.8. The van der Waals surface area contributed by atoms with Gasteiger partial charge in [-0.25, -0.2) is 4.98 Å². The van der Waals surface area contributed by atoms with Crippen molar-refractivity contribution in [1.29, 1.82) is 0 Å². The second-order valence-electron chi connectivity index (χ2n) is 5.80. The van der Waals surface area contributed by atoms with E-state index in [-0.39, 0.29) is 0 Å². The lowest BCUT2D eigenvalue weighted by Crippen LogP contribution is -1.93. The van der Waals surface area contributed by atoms with Crippen LogP contribution >= 0.6 is 0 Å². The van der Waals surface area contributed by atoms with Crippen molar-refractivity contribution in [3.05, 3.63) is 73.1 Å². The Balaban J connectivity index is 1.83. The first-order valence-electron chi connectivity index (χ1n) is 8.00. The molecule has 25 heavy (non-hydrogen) atoms. The molecular weight excluding hydrogens is 310 g/mol. The van der Waals surface area contributed by atoms with Crippen LogP contribution in [-0.2, 0) is 0 Å². The number of nitrogen functional groups attached to an aromatic ring is 1. The van der Waals surface area contributed by atoms with Gasteiger partial charge in [-0.1, -0.05) is 18.2 Å². The summed E-state index contributed by atoms with van der Waals surface area (Å²) in [6.07, 6.45) is 3.53. The van der Waals surface area contributed by atoms with E-state index in [1.165, 1.54) is 0 Å². The number of aromatic nitrogens is 2. The molecule has 0 amide bonds. The molecule has 2 aromatic heterocycles. The molecule has 0 saturated carbocycles. The van der Waals surface area contributed by atoms with E-state index < -0.39 is 0 Å². The predicted octanol–water partition coefficient (Wildman–Crippen LogP) is 4.55. The second-order valence-corrected chi connectivity index (χ2v) is 5.80. The van der Waals surface area contributed by atoms with Crippen molar-refractivity contribution in [3.8, 4) is 28.1 Å². The predicted molar refractivity (Wildman–Crippen MR) is 101 cm³/mol. The summed E-state index contributed by atoms with van der Waals surface area (Å²) in [4.78, 5) is 8.88. The largest absolute Gasteiger partial charge is 0.497 e. The van der Waals surface area contributed by atoms with E-state index in [1.54, 1.807) is 19.5 Å². The fourth-order valence-electron chi connectivity index (χ4n) is 2.90. The van der Waals surface area contributed by atoms with Crippen LogP contribution in [0.2, 0.25) is 0 Å². The normalized spacial score (nSPS) is 10.8. The van der Waals surface area contributed by atoms with E-state index in [1.807, 2.05) is 42.5 Å². The third-order valence-corrected chi connectivity index (χ3v) is 4.20. The summed E-state index contributed by atoms with van der Waals surface area (Å²) < 4.78 is 5.31. The fraction of sp³-hybridized carbons (Fsp3) is 0.0476. The molecule has 0 fully saturated rings. The quantitative estimate of drug-likeness (QED) is 0.599. The Morgan fingerprint density at radius 1 is 0.880 bits per heavy atom. The Kier molecular flexibility index (Phi) is 3.78. The highest BCUT2D eigenvalue weighted by Gasteiger charge is 2.08. The molecule has 0 atom stereocenters. The third kappa shape index (κ3) is 2.90. The first kappa shape index (κ1) is 15.1. The lowest BCUT2D eigenvalue weighted by Gasteiger charge is -2.09. The molecule has 122 valence electrons. The molecule has 0 saturated heterocycles. The van der Waals surface area contributed by atoms with E-state index in [0.29, 0.717) is 5.69 Å². The average Bonchev–Trinajstić information content (AvgIpc) is 2.68. The van der Waals surface area contributed by atoms with Crippen LogP contribution in [-0.4, -0.2) is 17.1 Å². The van der Waals surface area contributed by atoms with Gasteiger partial charge in [-0.05, 0) is 53.6 Å². The van der Waals surface area contributed by atoms with Crippen LogP contribution in [0.4, 0.5) is 5.69 Å². The number of hydrogen-bond donors (Lipinski definition) is 1. The summed E-state index contributed by atoms with van der Waals surface area (Å²) >= 11 is 0. The van der Waals surface area contributed by atoms with Crippen LogP contribution in [0.5, 0.6) is 5.75 Å². The summed E-state index contributed by atoms with van der Waals surface area (Å²) in [5.74, 6) is 0.829. The molecule has 0 aliphatic rings. The van der Waals surface area contributed by atoms with E-state index >= 15 is 0 Å². The molecule has 4 heteroatoms. The topological polar surface area (TPSA) is 61.0 Å². The Morgan fingerprint density at radius 3 is 2.52 bits per heavy atom. The van der Waals surface area contributed by atoms with Gasteiger partial charge < -0.3 is 10.5 Å². The smallest absolute Gasteiger partial charge is 0.119 e. The average molecular weight is 327 g/mol. The molecule has 4 rings (SSSR count). The molecule has 0 radical (unpaired) electrons. The van der Waals surface area contributed by atoms with Gasteiger partial charge in [0.05, 0.1) is 18.3 Å². The fourth-order valence-corrected chi connectivity index (χ4v) is 2.90. The van der Waals surface area contributed by atoms with Crippen molar-refractivity contribution < 1.29 is 4.74 Å². The van der Waals surface area contributed by atoms with Gasteiger partial charge in [0, 0.05) is 29.0 Å². The van der Waals surface area contributed by atoms with E-state index in [0.717, 1.165) is 39.0 Å². The van der Waals surface area contributed by atoms with Gasteiger partial charge >= 0.3 is 0 Å². The number of fused-ring (bicyclic) bond motifs is 1. The van der Waals surface area contributed by atoms with Gasteiger partial charge in [-0.3, -0.25) is 4.98 Å². The maximum Gasteiger partial charge on any atom is 0.119 e. The number of rotatable bonds is 3. The summed E-state index contributed by atoms with van der Waals surface area (Å²) in [5, 5.41) is 0.938. The number of nitrogens with zero attached hydrogens (tertiary/aromatic N) is 2. The highest BCUT2D eigenvalue weighted by molar-refractivity contribution is 5.95. The SMILES string of the molecule is COc1cccc(-c2ccc3nc(-c4cccnc4)cc(N)c3c2)c1. The van der Waals surface area contributed by atoms with E-state index in [9.17, 15) is 0 Å². The molecule has 0 aliphatic heterocycles. The van der Waals surface area contributed by atoms with Gasteiger partial charge in [-0.2, -0.15) is 0 Å². The van der Waals surface area contributed by atoms with Crippen molar-refractivity contribution in [2.45, 2.75) is 0 Å². The van der Waals surface area contributed by atoms with Crippen molar-refractivity contribution in [2.24, 2.45) is 0 Å².